The van der Waals surface area contributed by atoms with Crippen LogP contribution >= 0.6 is 11.6 Å². The Morgan fingerprint density at radius 3 is 2.73 bits per heavy atom. The molecule has 0 radical (unpaired) electrons. The molecule has 0 aromatic heterocycles. The van der Waals surface area contributed by atoms with Crippen molar-refractivity contribution in [3.8, 4) is 5.75 Å². The molecule has 26 heavy (non-hydrogen) atoms. The van der Waals surface area contributed by atoms with Gasteiger partial charge in [-0.05, 0) is 49.1 Å². The largest absolute Gasteiger partial charge is 0.508 e. The molecule has 5 heteroatoms. The maximum atomic E-state index is 10.1. The fourth-order valence-electron chi connectivity index (χ4n) is 4.41. The van der Waals surface area contributed by atoms with Crippen LogP contribution in [0.5, 0.6) is 5.75 Å². The number of hydrazine groups is 1. The number of aromatic hydroxyl groups is 1. The summed E-state index contributed by atoms with van der Waals surface area (Å²) in [5.41, 5.74) is 9.25. The number of phenols is 1. The van der Waals surface area contributed by atoms with Crippen LogP contribution in [0.1, 0.15) is 29.9 Å². The topological polar surface area (TPSA) is 47.5 Å². The number of rotatable bonds is 4. The number of nitrogens with zero attached hydrogens (tertiary/aromatic N) is 1. The second-order valence-corrected chi connectivity index (χ2v) is 7.91. The van der Waals surface area contributed by atoms with Crippen molar-refractivity contribution < 1.29 is 5.11 Å². The van der Waals surface area contributed by atoms with Gasteiger partial charge < -0.3 is 5.11 Å². The number of nitrogens with one attached hydrogen (secondary N) is 2. The van der Waals surface area contributed by atoms with Gasteiger partial charge in [-0.2, -0.15) is 0 Å². The molecule has 0 saturated carbocycles. The third-order valence-corrected chi connectivity index (χ3v) is 6.01. The van der Waals surface area contributed by atoms with Crippen molar-refractivity contribution in [3.05, 3.63) is 64.7 Å². The van der Waals surface area contributed by atoms with E-state index in [1.807, 2.05) is 30.3 Å². The number of para-hydroxylation sites is 1. The van der Waals surface area contributed by atoms with E-state index >= 15 is 0 Å². The number of phenolic OH excluding ortho intramolecular Hbond substituents is 1. The molecule has 2 heterocycles. The van der Waals surface area contributed by atoms with E-state index in [1.54, 1.807) is 6.07 Å². The molecule has 0 aliphatic carbocycles. The van der Waals surface area contributed by atoms with Crippen molar-refractivity contribution in [2.24, 2.45) is 5.92 Å². The highest BCUT2D eigenvalue weighted by Crippen LogP contribution is 2.33. The predicted molar refractivity (Wildman–Crippen MR) is 105 cm³/mol. The molecule has 3 N–H and O–H groups in total. The van der Waals surface area contributed by atoms with Crippen LogP contribution < -0.4 is 10.9 Å². The lowest BCUT2D eigenvalue weighted by Gasteiger charge is -2.37. The Bertz CT molecular complexity index is 736. The number of likely N-dealkylation sites (tertiary alicyclic amines) is 1. The molecule has 3 atom stereocenters. The van der Waals surface area contributed by atoms with E-state index in [2.05, 4.69) is 27.9 Å². The van der Waals surface area contributed by atoms with Crippen molar-refractivity contribution in [3.63, 3.8) is 0 Å². The van der Waals surface area contributed by atoms with Gasteiger partial charge in [-0.1, -0.05) is 41.9 Å². The minimum atomic E-state index is 0.398. The zero-order valence-electron chi connectivity index (χ0n) is 14.9. The van der Waals surface area contributed by atoms with Crippen molar-refractivity contribution in [1.29, 1.82) is 0 Å². The third kappa shape index (κ3) is 3.89. The molecule has 2 aromatic rings. The maximum Gasteiger partial charge on any atom is 0.120 e. The van der Waals surface area contributed by atoms with Gasteiger partial charge in [0.25, 0.3) is 0 Å². The third-order valence-electron chi connectivity index (χ3n) is 5.76. The van der Waals surface area contributed by atoms with Gasteiger partial charge in [-0.15, -0.1) is 0 Å². The van der Waals surface area contributed by atoms with Gasteiger partial charge in [0.05, 0.1) is 0 Å². The van der Waals surface area contributed by atoms with Crippen LogP contribution in [0.2, 0.25) is 5.02 Å². The first-order chi connectivity index (χ1) is 12.7. The summed E-state index contributed by atoms with van der Waals surface area (Å²) in [6, 6.07) is 16.4. The highest BCUT2D eigenvalue weighted by molar-refractivity contribution is 6.30. The molecular formula is C21H26ClN3O. The van der Waals surface area contributed by atoms with Gasteiger partial charge in [0, 0.05) is 42.2 Å². The number of halogens is 1. The summed E-state index contributed by atoms with van der Waals surface area (Å²) in [6.45, 7) is 3.91. The van der Waals surface area contributed by atoms with Gasteiger partial charge in [-0.3, -0.25) is 15.8 Å². The van der Waals surface area contributed by atoms with Gasteiger partial charge in [-0.25, -0.2) is 0 Å². The van der Waals surface area contributed by atoms with Crippen LogP contribution in [0, 0.1) is 5.92 Å². The summed E-state index contributed by atoms with van der Waals surface area (Å²) in [4.78, 5) is 2.47. The van der Waals surface area contributed by atoms with Crippen LogP contribution in [0.15, 0.2) is 48.5 Å². The summed E-state index contributed by atoms with van der Waals surface area (Å²) in [5.74, 6) is 1.45. The Kier molecular flexibility index (Phi) is 5.46. The van der Waals surface area contributed by atoms with Crippen LogP contribution in [0.3, 0.4) is 0 Å². The van der Waals surface area contributed by atoms with E-state index in [1.165, 1.54) is 18.4 Å². The molecule has 4 nitrogen and oxygen atoms in total. The van der Waals surface area contributed by atoms with Gasteiger partial charge in [0.1, 0.15) is 5.75 Å². The summed E-state index contributed by atoms with van der Waals surface area (Å²) in [7, 11) is 0. The lowest BCUT2D eigenvalue weighted by molar-refractivity contribution is 0.138. The number of hydrogen-bond acceptors (Lipinski definition) is 4. The average molecular weight is 372 g/mol. The molecule has 138 valence electrons. The molecule has 2 saturated heterocycles. The lowest BCUT2D eigenvalue weighted by Crippen LogP contribution is -2.46. The van der Waals surface area contributed by atoms with E-state index in [0.717, 1.165) is 36.8 Å². The lowest BCUT2D eigenvalue weighted by atomic mass is 9.81. The molecule has 2 aliphatic rings. The van der Waals surface area contributed by atoms with E-state index in [9.17, 15) is 5.11 Å². The zero-order valence-corrected chi connectivity index (χ0v) is 15.6. The highest BCUT2D eigenvalue weighted by Gasteiger charge is 2.36. The molecule has 4 rings (SSSR count). The summed E-state index contributed by atoms with van der Waals surface area (Å²) >= 11 is 6.05. The molecule has 2 fully saturated rings. The van der Waals surface area contributed by atoms with Gasteiger partial charge >= 0.3 is 0 Å². The van der Waals surface area contributed by atoms with Crippen molar-refractivity contribution in [1.82, 2.24) is 15.8 Å². The average Bonchev–Trinajstić information content (AvgIpc) is 3.14. The summed E-state index contributed by atoms with van der Waals surface area (Å²) in [6.07, 6.45) is 2.44. The molecule has 0 bridgehead atoms. The van der Waals surface area contributed by atoms with Crippen molar-refractivity contribution in [2.75, 3.05) is 19.6 Å². The molecule has 3 unspecified atom stereocenters. The van der Waals surface area contributed by atoms with Crippen molar-refractivity contribution in [2.45, 2.75) is 31.3 Å². The quantitative estimate of drug-likeness (QED) is 0.769. The smallest absolute Gasteiger partial charge is 0.120 e. The Hall–Kier alpha value is -1.59. The fraction of sp³-hybridized carbons (Fsp3) is 0.429. The molecule has 0 amide bonds. The molecule has 2 aliphatic heterocycles. The Morgan fingerprint density at radius 1 is 1.12 bits per heavy atom. The monoisotopic (exact) mass is 371 g/mol. The van der Waals surface area contributed by atoms with Gasteiger partial charge in [0.2, 0.25) is 0 Å². The van der Waals surface area contributed by atoms with E-state index in [0.29, 0.717) is 23.6 Å². The first-order valence-electron chi connectivity index (χ1n) is 9.44. The first-order valence-corrected chi connectivity index (χ1v) is 9.81. The fourth-order valence-corrected chi connectivity index (χ4v) is 4.54. The van der Waals surface area contributed by atoms with E-state index in [-0.39, 0.29) is 0 Å². The number of piperidine rings is 1. The Labute approximate surface area is 160 Å². The van der Waals surface area contributed by atoms with Crippen LogP contribution in [0.4, 0.5) is 0 Å². The number of hydrogen-bond donors (Lipinski definition) is 3. The molecule has 0 spiro atoms. The maximum absolute atomic E-state index is 10.1. The van der Waals surface area contributed by atoms with Crippen LogP contribution in [-0.2, 0) is 6.54 Å². The standard InChI is InChI=1S/C21H26ClN3O/c22-18-9-7-15(8-10-18)19-12-23-24-21(19)17-5-3-11-25(14-17)13-16-4-1-2-6-20(16)26/h1-2,4,6-10,17,19,21,23-24,26H,3,5,11-14H2. The van der Waals surface area contributed by atoms with E-state index in [4.69, 9.17) is 11.6 Å². The zero-order chi connectivity index (χ0) is 17.9. The number of benzene rings is 2. The Morgan fingerprint density at radius 2 is 1.92 bits per heavy atom. The van der Waals surface area contributed by atoms with Gasteiger partial charge in [0.15, 0.2) is 0 Å². The highest BCUT2D eigenvalue weighted by atomic mass is 35.5. The second kappa shape index (κ2) is 7.97. The van der Waals surface area contributed by atoms with E-state index < -0.39 is 0 Å². The second-order valence-electron chi connectivity index (χ2n) is 7.48. The van der Waals surface area contributed by atoms with Crippen LogP contribution in [-0.4, -0.2) is 35.7 Å². The first kappa shape index (κ1) is 17.8. The SMILES string of the molecule is Oc1ccccc1CN1CCCC(C2NNCC2c2ccc(Cl)cc2)C1. The summed E-state index contributed by atoms with van der Waals surface area (Å²) in [5, 5.41) is 10.9. The van der Waals surface area contributed by atoms with Crippen molar-refractivity contribution >= 4 is 11.6 Å². The predicted octanol–water partition coefficient (Wildman–Crippen LogP) is 3.52. The summed E-state index contributed by atoms with van der Waals surface area (Å²) < 4.78 is 0. The molecule has 2 aromatic carbocycles. The minimum absolute atomic E-state index is 0.398. The Balaban J connectivity index is 1.45. The van der Waals surface area contributed by atoms with Crippen LogP contribution in [0.25, 0.3) is 0 Å². The molecular weight excluding hydrogens is 346 g/mol. The normalized spacial score (nSPS) is 26.9. The minimum Gasteiger partial charge on any atom is -0.508 e.